The summed E-state index contributed by atoms with van der Waals surface area (Å²) < 4.78 is 48.3. The van der Waals surface area contributed by atoms with Crippen LogP contribution in [0, 0.1) is 5.82 Å². The minimum Gasteiger partial charge on any atom is -0.492 e. The molecule has 10 heteroatoms. The topological polar surface area (TPSA) is 96.0 Å². The summed E-state index contributed by atoms with van der Waals surface area (Å²) in [7, 11) is -4.22. The first-order valence-corrected chi connectivity index (χ1v) is 15.3. The maximum absolute atomic E-state index is 14.1. The number of carbonyl (C=O) groups is 2. The van der Waals surface area contributed by atoms with E-state index in [0.717, 1.165) is 17.1 Å². The van der Waals surface area contributed by atoms with Crippen LogP contribution in [-0.2, 0) is 26.2 Å². The van der Waals surface area contributed by atoms with Gasteiger partial charge in [-0.25, -0.2) is 12.8 Å². The van der Waals surface area contributed by atoms with E-state index in [9.17, 15) is 22.4 Å². The molecule has 0 fully saturated rings. The van der Waals surface area contributed by atoms with Gasteiger partial charge in [-0.2, -0.15) is 0 Å². The number of para-hydroxylation sites is 2. The van der Waals surface area contributed by atoms with Gasteiger partial charge in [0.15, 0.2) is 0 Å². The van der Waals surface area contributed by atoms with Crippen molar-refractivity contribution in [1.82, 2.24) is 10.2 Å². The Kier molecular flexibility index (Phi) is 11.7. The Bertz CT molecular complexity index is 1380. The van der Waals surface area contributed by atoms with Crippen LogP contribution >= 0.6 is 0 Å². The zero-order valence-electron chi connectivity index (χ0n) is 23.8. The van der Waals surface area contributed by atoms with E-state index in [1.807, 2.05) is 6.92 Å². The fourth-order valence-corrected chi connectivity index (χ4v) is 5.83. The molecule has 220 valence electrons. The second-order valence-electron chi connectivity index (χ2n) is 9.44. The molecule has 3 aromatic carbocycles. The van der Waals surface area contributed by atoms with Crippen molar-refractivity contribution in [2.75, 3.05) is 24.0 Å². The van der Waals surface area contributed by atoms with E-state index in [-0.39, 0.29) is 29.6 Å². The second-order valence-corrected chi connectivity index (χ2v) is 11.3. The maximum Gasteiger partial charge on any atom is 0.264 e. The average Bonchev–Trinajstić information content (AvgIpc) is 2.98. The molecular formula is C31H38FN3O5S. The van der Waals surface area contributed by atoms with Crippen molar-refractivity contribution in [3.63, 3.8) is 0 Å². The van der Waals surface area contributed by atoms with E-state index in [2.05, 4.69) is 5.32 Å². The van der Waals surface area contributed by atoms with Crippen LogP contribution in [0.4, 0.5) is 10.1 Å². The van der Waals surface area contributed by atoms with Crippen LogP contribution in [0.5, 0.6) is 5.75 Å². The Labute approximate surface area is 242 Å². The molecule has 3 aromatic rings. The lowest BCUT2D eigenvalue weighted by Crippen LogP contribution is -2.52. The summed E-state index contributed by atoms with van der Waals surface area (Å²) in [6, 6.07) is 19.2. The van der Waals surface area contributed by atoms with Crippen molar-refractivity contribution in [3.05, 3.63) is 90.2 Å². The largest absolute Gasteiger partial charge is 0.492 e. The summed E-state index contributed by atoms with van der Waals surface area (Å²) in [4.78, 5) is 28.7. The van der Waals surface area contributed by atoms with Crippen LogP contribution < -0.4 is 14.4 Å². The Hall–Kier alpha value is -3.92. The van der Waals surface area contributed by atoms with E-state index < -0.39 is 34.3 Å². The third kappa shape index (κ3) is 8.29. The highest BCUT2D eigenvalue weighted by molar-refractivity contribution is 7.92. The number of carbonyl (C=O) groups excluding carboxylic acids is 2. The Morgan fingerprint density at radius 2 is 1.59 bits per heavy atom. The van der Waals surface area contributed by atoms with Crippen molar-refractivity contribution >= 4 is 27.5 Å². The van der Waals surface area contributed by atoms with Crippen LogP contribution in [0.2, 0.25) is 0 Å². The van der Waals surface area contributed by atoms with E-state index in [4.69, 9.17) is 4.74 Å². The molecule has 0 radical (unpaired) electrons. The summed E-state index contributed by atoms with van der Waals surface area (Å²) in [5.41, 5.74) is 0.806. The number of unbranched alkanes of at least 4 members (excludes halogenated alkanes) is 1. The number of amides is 2. The van der Waals surface area contributed by atoms with Crippen LogP contribution in [0.3, 0.4) is 0 Å². The molecule has 0 aliphatic carbocycles. The second kappa shape index (κ2) is 15.2. The van der Waals surface area contributed by atoms with Crippen LogP contribution in [-0.4, -0.2) is 50.9 Å². The molecule has 0 heterocycles. The molecule has 3 rings (SSSR count). The first-order valence-electron chi connectivity index (χ1n) is 13.8. The number of ether oxygens (including phenoxy) is 1. The van der Waals surface area contributed by atoms with Crippen molar-refractivity contribution < 1.29 is 27.1 Å². The number of rotatable bonds is 15. The first kappa shape index (κ1) is 31.6. The molecule has 0 saturated heterocycles. The summed E-state index contributed by atoms with van der Waals surface area (Å²) in [6.07, 6.45) is 1.97. The monoisotopic (exact) mass is 583 g/mol. The molecular weight excluding hydrogens is 545 g/mol. The van der Waals surface area contributed by atoms with Gasteiger partial charge in [-0.1, -0.05) is 62.7 Å². The number of hydrogen-bond acceptors (Lipinski definition) is 5. The van der Waals surface area contributed by atoms with Gasteiger partial charge in [0.2, 0.25) is 11.8 Å². The van der Waals surface area contributed by atoms with Gasteiger partial charge in [-0.3, -0.25) is 13.9 Å². The van der Waals surface area contributed by atoms with Crippen LogP contribution in [0.25, 0.3) is 0 Å². The third-order valence-corrected chi connectivity index (χ3v) is 8.30. The number of sulfonamides is 1. The summed E-state index contributed by atoms with van der Waals surface area (Å²) in [5, 5.41) is 2.89. The number of hydrogen-bond donors (Lipinski definition) is 1. The highest BCUT2D eigenvalue weighted by Gasteiger charge is 2.34. The Morgan fingerprint density at radius 3 is 2.22 bits per heavy atom. The number of halogens is 1. The fraction of sp³-hybridized carbons (Fsp3) is 0.355. The molecule has 0 aliphatic heterocycles. The molecule has 2 amide bonds. The highest BCUT2D eigenvalue weighted by atomic mass is 32.2. The van der Waals surface area contributed by atoms with Gasteiger partial charge in [0.25, 0.3) is 10.0 Å². The standard InChI is InChI=1S/C31H38FN3O5S/c1-4-7-21-33-31(37)27(5-2)34(22-24-17-19-25(32)20-18-24)30(36)23-35(28-15-11-12-16-29(28)40-6-3)41(38,39)26-13-9-8-10-14-26/h8-20,27H,4-7,21-23H2,1-3H3,(H,33,37)/t27-/m0/s1. The number of anilines is 1. The quantitative estimate of drug-likeness (QED) is 0.250. The number of benzene rings is 3. The highest BCUT2D eigenvalue weighted by Crippen LogP contribution is 2.33. The lowest BCUT2D eigenvalue weighted by molar-refractivity contribution is -0.140. The number of nitrogens with one attached hydrogen (secondary N) is 1. The van der Waals surface area contributed by atoms with Crippen LogP contribution in [0.15, 0.2) is 83.8 Å². The van der Waals surface area contributed by atoms with Gasteiger partial charge >= 0.3 is 0 Å². The predicted octanol–water partition coefficient (Wildman–Crippen LogP) is 5.14. The van der Waals surface area contributed by atoms with Gasteiger partial charge in [0, 0.05) is 13.1 Å². The smallest absolute Gasteiger partial charge is 0.264 e. The summed E-state index contributed by atoms with van der Waals surface area (Å²) in [6.45, 7) is 5.74. The molecule has 0 bridgehead atoms. The van der Waals surface area contributed by atoms with Gasteiger partial charge in [-0.05, 0) is 61.7 Å². The SMILES string of the molecule is CCCCNC(=O)[C@H](CC)N(Cc1ccc(F)cc1)C(=O)CN(c1ccccc1OCC)S(=O)(=O)c1ccccc1. The third-order valence-electron chi connectivity index (χ3n) is 6.53. The summed E-state index contributed by atoms with van der Waals surface area (Å²) in [5.74, 6) is -1.04. The maximum atomic E-state index is 14.1. The molecule has 1 atom stereocenters. The van der Waals surface area contributed by atoms with E-state index in [1.54, 1.807) is 68.4 Å². The lowest BCUT2D eigenvalue weighted by atomic mass is 10.1. The van der Waals surface area contributed by atoms with Crippen molar-refractivity contribution in [2.45, 2.75) is 57.5 Å². The van der Waals surface area contributed by atoms with E-state index in [1.165, 1.54) is 29.2 Å². The van der Waals surface area contributed by atoms with E-state index >= 15 is 0 Å². The van der Waals surface area contributed by atoms with Crippen molar-refractivity contribution in [2.24, 2.45) is 0 Å². The lowest BCUT2D eigenvalue weighted by Gasteiger charge is -2.33. The summed E-state index contributed by atoms with van der Waals surface area (Å²) >= 11 is 0. The van der Waals surface area contributed by atoms with Gasteiger partial charge in [-0.15, -0.1) is 0 Å². The van der Waals surface area contributed by atoms with Gasteiger partial charge in [0.1, 0.15) is 24.2 Å². The minimum absolute atomic E-state index is 0.00790. The molecule has 0 aromatic heterocycles. The van der Waals surface area contributed by atoms with Crippen molar-refractivity contribution in [1.29, 1.82) is 0 Å². The molecule has 0 spiro atoms. The van der Waals surface area contributed by atoms with Gasteiger partial charge < -0.3 is 15.0 Å². The zero-order chi connectivity index (χ0) is 29.8. The normalized spacial score (nSPS) is 11.9. The minimum atomic E-state index is -4.22. The average molecular weight is 584 g/mol. The fourth-order valence-electron chi connectivity index (χ4n) is 4.39. The van der Waals surface area contributed by atoms with Crippen molar-refractivity contribution in [3.8, 4) is 5.75 Å². The Morgan fingerprint density at radius 1 is 0.927 bits per heavy atom. The first-order chi connectivity index (χ1) is 19.7. The molecule has 0 unspecified atom stereocenters. The molecule has 1 N–H and O–H groups in total. The van der Waals surface area contributed by atoms with Crippen LogP contribution in [0.1, 0.15) is 45.6 Å². The van der Waals surface area contributed by atoms with E-state index in [0.29, 0.717) is 24.3 Å². The Balaban J connectivity index is 2.06. The molecule has 8 nitrogen and oxygen atoms in total. The predicted molar refractivity (Wildman–Crippen MR) is 158 cm³/mol. The van der Waals surface area contributed by atoms with Gasteiger partial charge in [0.05, 0.1) is 17.2 Å². The molecule has 0 aliphatic rings. The zero-order valence-corrected chi connectivity index (χ0v) is 24.6. The number of nitrogens with zero attached hydrogens (tertiary/aromatic N) is 2. The molecule has 41 heavy (non-hydrogen) atoms. The molecule has 0 saturated carbocycles.